The highest BCUT2D eigenvalue weighted by Crippen LogP contribution is 2.34. The molecule has 0 spiro atoms. The van der Waals surface area contributed by atoms with Gasteiger partial charge in [0.15, 0.2) is 6.61 Å². The number of aromatic nitrogens is 4. The summed E-state index contributed by atoms with van der Waals surface area (Å²) in [6, 6.07) is 24.9. The number of fused-ring (bicyclic) bond motifs is 2. The van der Waals surface area contributed by atoms with E-state index in [4.69, 9.17) is 24.5 Å². The second kappa shape index (κ2) is 21.2. The van der Waals surface area contributed by atoms with Crippen LogP contribution in [0.5, 0.6) is 11.5 Å². The van der Waals surface area contributed by atoms with E-state index >= 15 is 0 Å². The predicted octanol–water partition coefficient (Wildman–Crippen LogP) is 7.96. The van der Waals surface area contributed by atoms with Gasteiger partial charge in [-0.1, -0.05) is 29.3 Å². The zero-order valence-electron chi connectivity index (χ0n) is 38.0. The summed E-state index contributed by atoms with van der Waals surface area (Å²) < 4.78 is 81.6. The van der Waals surface area contributed by atoms with Gasteiger partial charge in [0.2, 0.25) is 0 Å². The second-order valence-electron chi connectivity index (χ2n) is 16.7. The minimum absolute atomic E-state index is 0.163. The third kappa shape index (κ3) is 11.8. The first-order valence-electron chi connectivity index (χ1n) is 22.3. The van der Waals surface area contributed by atoms with Gasteiger partial charge in [-0.3, -0.25) is 4.79 Å². The topological polar surface area (TPSA) is 159 Å². The number of hydrogen-bond donors (Lipinski definition) is 4. The Bertz CT molecular complexity index is 2900. The number of nitrogens with zero attached hydrogens (tertiary/aromatic N) is 5. The van der Waals surface area contributed by atoms with Gasteiger partial charge in [-0.2, -0.15) is 13.2 Å². The Kier molecular flexibility index (Phi) is 14.7. The fourth-order valence-electron chi connectivity index (χ4n) is 8.30. The van der Waals surface area contributed by atoms with Gasteiger partial charge in [0.25, 0.3) is 5.91 Å². The number of imidazole rings is 1. The number of benzene rings is 4. The molecule has 14 nitrogen and oxygen atoms in total. The van der Waals surface area contributed by atoms with Crippen LogP contribution >= 0.6 is 0 Å². The van der Waals surface area contributed by atoms with Gasteiger partial charge in [-0.05, 0) is 111 Å². The second-order valence-corrected chi connectivity index (χ2v) is 16.7. The first kappa shape index (κ1) is 47.3. The summed E-state index contributed by atoms with van der Waals surface area (Å²) in [5.41, 5.74) is 14.0. The summed E-state index contributed by atoms with van der Waals surface area (Å²) in [6.45, 7) is 5.24. The maximum absolute atomic E-state index is 14.8. The van der Waals surface area contributed by atoms with Gasteiger partial charge in [0.05, 0.1) is 60.2 Å². The molecule has 1 amide bonds. The van der Waals surface area contributed by atoms with Crippen molar-refractivity contribution in [2.45, 2.75) is 51.7 Å². The van der Waals surface area contributed by atoms with Crippen LogP contribution in [0.2, 0.25) is 0 Å². The highest BCUT2D eigenvalue weighted by atomic mass is 19.4. The van der Waals surface area contributed by atoms with E-state index < -0.39 is 24.9 Å². The van der Waals surface area contributed by atoms with E-state index in [9.17, 15) is 22.4 Å². The quantitative estimate of drug-likeness (QED) is 0.0286. The molecule has 4 aromatic carbocycles. The van der Waals surface area contributed by atoms with Crippen molar-refractivity contribution in [2.24, 2.45) is 0 Å². The van der Waals surface area contributed by atoms with Gasteiger partial charge in [0.1, 0.15) is 42.1 Å². The number of halogens is 4. The lowest BCUT2D eigenvalue weighted by molar-refractivity contribution is -0.140. The van der Waals surface area contributed by atoms with Gasteiger partial charge < -0.3 is 54.5 Å². The number of nitrogen functional groups attached to an aromatic ring is 1. The Morgan fingerprint density at radius 1 is 0.971 bits per heavy atom. The molecule has 0 bridgehead atoms. The van der Waals surface area contributed by atoms with Crippen molar-refractivity contribution in [1.29, 1.82) is 0 Å². The molecule has 4 heterocycles. The number of ether oxygens (including phenoxy) is 3. The number of likely N-dealkylation sites (tertiary alicyclic amines) is 1. The molecule has 356 valence electrons. The molecule has 0 radical (unpaired) electrons. The van der Waals surface area contributed by atoms with Crippen LogP contribution in [0.3, 0.4) is 0 Å². The molecule has 0 unspecified atom stereocenters. The van der Waals surface area contributed by atoms with Crippen LogP contribution in [0, 0.1) is 25.7 Å². The van der Waals surface area contributed by atoms with Crippen molar-refractivity contribution in [3.8, 4) is 34.5 Å². The highest BCUT2D eigenvalue weighted by molar-refractivity contribution is 5.94. The summed E-state index contributed by atoms with van der Waals surface area (Å²) in [5.74, 6) is 7.44. The normalized spacial score (nSPS) is 15.3. The number of aryl methyl sites for hydroxylation is 2. The van der Waals surface area contributed by atoms with Crippen LogP contribution in [0.25, 0.3) is 33.1 Å². The average molecular weight is 936 g/mol. The van der Waals surface area contributed by atoms with Crippen LogP contribution in [-0.4, -0.2) is 108 Å². The molecule has 68 heavy (non-hydrogen) atoms. The SMILES string of the molecule is Cc1noc(C)c1-c1cc(N)c2ncn(Cc3cccc(OCC(=O)NCCOCCOc4ccc(NCC#Cc5cc6c(N[C@@H]7CCN(C)C[C@@H]7F)cccc6n5CC(F)(F)F)cc4)c3)c2c1. The number of piperidine rings is 1. The standard InChI is InChI=1S/C50H53F4N9O5/c1-32-48(33(2)68-60-32)35-24-42(55)49-46(25-35)62(31-58-49)27-34-7-4-9-39(23-34)67-29-47(64)57-18-20-65-21-22-66-38-14-12-36(13-15-38)56-17-6-8-37-26-40-43(59-44-16-19-61(3)28-41(44)51)10-5-11-45(40)63(37)30-50(52,53)54/h4-5,7,9-15,23-26,31,41,44,56,59H,16-22,27-30,55H2,1-3H3,(H,57,64)/t41-,44+/m0/s1. The Morgan fingerprint density at radius 2 is 1.79 bits per heavy atom. The maximum atomic E-state index is 14.8. The smallest absolute Gasteiger partial charge is 0.406 e. The first-order valence-corrected chi connectivity index (χ1v) is 22.3. The van der Waals surface area contributed by atoms with E-state index in [1.54, 1.807) is 48.8 Å². The number of hydrogen-bond acceptors (Lipinski definition) is 11. The van der Waals surface area contributed by atoms with E-state index in [0.29, 0.717) is 77.7 Å². The molecule has 1 aliphatic heterocycles. The molecule has 1 fully saturated rings. The largest absolute Gasteiger partial charge is 0.491 e. The molecule has 0 saturated carbocycles. The third-order valence-electron chi connectivity index (χ3n) is 11.6. The Hall–Kier alpha value is -7.23. The van der Waals surface area contributed by atoms with Crippen LogP contribution in [0.4, 0.5) is 34.6 Å². The van der Waals surface area contributed by atoms with E-state index in [1.165, 1.54) is 0 Å². The van der Waals surface area contributed by atoms with Crippen molar-refractivity contribution in [3.05, 3.63) is 114 Å². The highest BCUT2D eigenvalue weighted by Gasteiger charge is 2.31. The Morgan fingerprint density at radius 3 is 2.57 bits per heavy atom. The van der Waals surface area contributed by atoms with Crippen molar-refractivity contribution in [3.63, 3.8) is 0 Å². The van der Waals surface area contributed by atoms with Gasteiger partial charge in [-0.15, -0.1) is 0 Å². The number of anilines is 3. The molecule has 2 atom stereocenters. The summed E-state index contributed by atoms with van der Waals surface area (Å²) in [4.78, 5) is 19.0. The van der Waals surface area contributed by atoms with Gasteiger partial charge in [-0.25, -0.2) is 9.37 Å². The lowest BCUT2D eigenvalue weighted by Crippen LogP contribution is -2.46. The van der Waals surface area contributed by atoms with E-state index in [2.05, 4.69) is 37.9 Å². The van der Waals surface area contributed by atoms with E-state index in [1.807, 2.05) is 72.8 Å². The molecule has 0 aliphatic carbocycles. The Labute approximate surface area is 390 Å². The number of amides is 1. The molecule has 7 aromatic rings. The average Bonchev–Trinajstić information content (AvgIpc) is 3.99. The summed E-state index contributed by atoms with van der Waals surface area (Å²) in [6.07, 6.45) is -3.24. The van der Waals surface area contributed by atoms with Crippen LogP contribution in [0.15, 0.2) is 95.8 Å². The first-order chi connectivity index (χ1) is 32.8. The van der Waals surface area contributed by atoms with Gasteiger partial charge >= 0.3 is 6.18 Å². The molecular formula is C50H53F4N9O5. The Balaban J connectivity index is 0.738. The third-order valence-corrected chi connectivity index (χ3v) is 11.6. The fourth-order valence-corrected chi connectivity index (χ4v) is 8.30. The van der Waals surface area contributed by atoms with Crippen molar-refractivity contribution in [2.75, 3.05) is 76.0 Å². The molecule has 3 aromatic heterocycles. The lowest BCUT2D eigenvalue weighted by Gasteiger charge is -2.33. The number of alkyl halides is 4. The number of nitrogens with one attached hydrogen (secondary N) is 3. The van der Waals surface area contributed by atoms with Crippen LogP contribution in [-0.2, 0) is 22.6 Å². The molecule has 1 saturated heterocycles. The number of carbonyl (C=O) groups excluding carboxylic acids is 1. The zero-order valence-corrected chi connectivity index (χ0v) is 38.0. The number of carbonyl (C=O) groups is 1. The summed E-state index contributed by atoms with van der Waals surface area (Å²) in [7, 11) is 1.86. The van der Waals surface area contributed by atoms with Crippen molar-refractivity contribution < 1.29 is 41.1 Å². The van der Waals surface area contributed by atoms with Crippen molar-refractivity contribution >= 4 is 44.9 Å². The monoisotopic (exact) mass is 935 g/mol. The van der Waals surface area contributed by atoms with E-state index in [-0.39, 0.29) is 38.0 Å². The zero-order chi connectivity index (χ0) is 47.8. The maximum Gasteiger partial charge on any atom is 0.406 e. The fraction of sp³-hybridized carbons (Fsp3) is 0.340. The minimum atomic E-state index is -4.47. The van der Waals surface area contributed by atoms with Crippen molar-refractivity contribution in [1.82, 2.24) is 29.5 Å². The molecule has 8 rings (SSSR count). The molecular weight excluding hydrogens is 883 g/mol. The van der Waals surface area contributed by atoms with Gasteiger partial charge in [0, 0.05) is 48.5 Å². The lowest BCUT2D eigenvalue weighted by atomic mass is 10.0. The molecule has 5 N–H and O–H groups in total. The predicted molar refractivity (Wildman–Crippen MR) is 254 cm³/mol. The van der Waals surface area contributed by atoms with Crippen LogP contribution < -0.4 is 31.2 Å². The summed E-state index contributed by atoms with van der Waals surface area (Å²) in [5, 5.41) is 13.8. The van der Waals surface area contributed by atoms with E-state index in [0.717, 1.165) is 44.7 Å². The minimum Gasteiger partial charge on any atom is -0.491 e. The summed E-state index contributed by atoms with van der Waals surface area (Å²) >= 11 is 0. The van der Waals surface area contributed by atoms with Crippen LogP contribution in [0.1, 0.15) is 29.1 Å². The number of rotatable bonds is 18. The molecule has 18 heteroatoms. The molecule has 1 aliphatic rings. The number of nitrogens with two attached hydrogens (primary N) is 1.